The van der Waals surface area contributed by atoms with E-state index in [0.29, 0.717) is 27.9 Å². The molecule has 0 bridgehead atoms. The summed E-state index contributed by atoms with van der Waals surface area (Å²) in [6.07, 6.45) is 2.81. The number of rotatable bonds is 6. The van der Waals surface area contributed by atoms with Gasteiger partial charge in [-0.05, 0) is 64.7 Å². The van der Waals surface area contributed by atoms with Gasteiger partial charge in [0.1, 0.15) is 16.8 Å². The molecule has 0 radical (unpaired) electrons. The highest BCUT2D eigenvalue weighted by molar-refractivity contribution is 7.99. The molecule has 1 amide bonds. The van der Waals surface area contributed by atoms with Gasteiger partial charge in [-0.1, -0.05) is 20.8 Å². The number of nitrogens with one attached hydrogen (secondary N) is 1. The lowest BCUT2D eigenvalue weighted by Crippen LogP contribution is -2.35. The maximum atomic E-state index is 12.7. The molecule has 1 N–H and O–H groups in total. The second-order valence-corrected chi connectivity index (χ2v) is 11.3. The van der Waals surface area contributed by atoms with E-state index in [1.54, 1.807) is 31.4 Å². The smallest absolute Gasteiger partial charge is 0.298 e. The average Bonchev–Trinajstić information content (AvgIpc) is 3.35. The van der Waals surface area contributed by atoms with Gasteiger partial charge in [0.15, 0.2) is 5.95 Å². The van der Waals surface area contributed by atoms with E-state index in [-0.39, 0.29) is 22.1 Å². The van der Waals surface area contributed by atoms with Crippen LogP contribution >= 0.6 is 23.1 Å². The Kier molecular flexibility index (Phi) is 6.86. The number of carbonyl (C=O) groups excluding carboxylic acids is 1. The number of nitriles is 1. The van der Waals surface area contributed by atoms with Crippen molar-refractivity contribution in [3.8, 4) is 23.5 Å². The lowest BCUT2D eigenvalue weighted by Gasteiger charge is -2.33. The van der Waals surface area contributed by atoms with Crippen LogP contribution in [0, 0.1) is 22.7 Å². The second-order valence-electron chi connectivity index (χ2n) is 9.24. The van der Waals surface area contributed by atoms with Crippen molar-refractivity contribution in [2.45, 2.75) is 45.1 Å². The molecule has 0 aliphatic heterocycles. The molecule has 8 nitrogen and oxygen atoms in total. The molecular weight excluding hydrogens is 472 g/mol. The van der Waals surface area contributed by atoms with E-state index in [1.165, 1.54) is 20.9 Å². The van der Waals surface area contributed by atoms with Gasteiger partial charge in [0.2, 0.25) is 11.6 Å². The third-order valence-corrected chi connectivity index (χ3v) is 8.27. The van der Waals surface area contributed by atoms with Crippen LogP contribution in [0.5, 0.6) is 11.7 Å². The molecule has 0 saturated carbocycles. The molecule has 4 rings (SSSR count). The number of anilines is 1. The normalized spacial score (nSPS) is 15.4. The topological polar surface area (TPSA) is 115 Å². The molecule has 3 aromatic rings. The zero-order valence-corrected chi connectivity index (χ0v) is 21.1. The third kappa shape index (κ3) is 4.91. The number of ether oxygens (including phenoxy) is 1. The van der Waals surface area contributed by atoms with E-state index < -0.39 is 5.95 Å². The highest BCUT2D eigenvalue weighted by Gasteiger charge is 2.32. The Morgan fingerprint density at radius 1 is 1.41 bits per heavy atom. The Morgan fingerprint density at radius 2 is 2.15 bits per heavy atom. The molecular formula is C24H26N4O4S2. The van der Waals surface area contributed by atoms with Crippen LogP contribution in [0.1, 0.15) is 43.2 Å². The monoisotopic (exact) mass is 498 g/mol. The number of fused-ring (bicyclic) bond motifs is 1. The van der Waals surface area contributed by atoms with Crippen LogP contribution in [0.15, 0.2) is 33.8 Å². The Hall–Kier alpha value is -3.03. The predicted molar refractivity (Wildman–Crippen MR) is 127 cm³/mol. The standard InChI is InChI=1S/C24H26N4O4S2/c1-24(2,3)14-5-10-17-18(12-25)21(34-19(17)11-14)26-20(29)13-33-22-23(30)32-27-28(22)15-6-8-16(31-4)9-7-15/h6-9,14H,5,10-11,13H2,1-4H3,(H-,26,27,29,30). The number of hydrogen-bond donors (Lipinski definition) is 1. The predicted octanol–water partition coefficient (Wildman–Crippen LogP) is 3.85. The fourth-order valence-corrected chi connectivity index (χ4v) is 6.13. The van der Waals surface area contributed by atoms with Gasteiger partial charge in [0.25, 0.3) is 5.03 Å². The molecule has 178 valence electrons. The minimum Gasteiger partial charge on any atom is -0.538 e. The van der Waals surface area contributed by atoms with Gasteiger partial charge in [-0.15, -0.1) is 11.3 Å². The summed E-state index contributed by atoms with van der Waals surface area (Å²) in [5.41, 5.74) is 2.44. The number of hydrogen-bond acceptors (Lipinski definition) is 8. The molecule has 2 heterocycles. The van der Waals surface area contributed by atoms with Crippen LogP contribution in [0.3, 0.4) is 0 Å². The average molecular weight is 499 g/mol. The van der Waals surface area contributed by atoms with Gasteiger partial charge in [-0.3, -0.25) is 4.79 Å². The first-order chi connectivity index (χ1) is 16.2. The quantitative estimate of drug-likeness (QED) is 0.405. The van der Waals surface area contributed by atoms with Crippen molar-refractivity contribution in [2.75, 3.05) is 18.2 Å². The van der Waals surface area contributed by atoms with Gasteiger partial charge >= 0.3 is 0 Å². The van der Waals surface area contributed by atoms with E-state index in [9.17, 15) is 15.2 Å². The number of amides is 1. The van der Waals surface area contributed by atoms with Crippen LogP contribution in [0.4, 0.5) is 5.00 Å². The summed E-state index contributed by atoms with van der Waals surface area (Å²) in [5, 5.41) is 29.4. The summed E-state index contributed by atoms with van der Waals surface area (Å²) in [6, 6.07) is 9.25. The highest BCUT2D eigenvalue weighted by atomic mass is 32.2. The number of nitrogens with zero attached hydrogens (tertiary/aromatic N) is 3. The maximum Gasteiger partial charge on any atom is 0.298 e. The number of carbonyl (C=O) groups is 1. The summed E-state index contributed by atoms with van der Waals surface area (Å²) in [5.74, 6) is 0.275. The van der Waals surface area contributed by atoms with Gasteiger partial charge in [0, 0.05) is 17.0 Å². The summed E-state index contributed by atoms with van der Waals surface area (Å²) >= 11 is 2.53. The third-order valence-electron chi connectivity index (χ3n) is 6.08. The van der Waals surface area contributed by atoms with Gasteiger partial charge in [0.05, 0.1) is 23.7 Å². The Morgan fingerprint density at radius 3 is 2.79 bits per heavy atom. The van der Waals surface area contributed by atoms with Crippen molar-refractivity contribution in [1.82, 2.24) is 5.27 Å². The van der Waals surface area contributed by atoms with Crippen LogP contribution in [0.25, 0.3) is 5.69 Å². The van der Waals surface area contributed by atoms with Crippen LogP contribution in [0.2, 0.25) is 0 Å². The fraction of sp³-hybridized carbons (Fsp3) is 0.417. The summed E-state index contributed by atoms with van der Waals surface area (Å²) < 4.78 is 11.3. The lowest BCUT2D eigenvalue weighted by molar-refractivity contribution is -0.705. The van der Waals surface area contributed by atoms with Gasteiger partial charge < -0.3 is 19.7 Å². The van der Waals surface area contributed by atoms with E-state index in [2.05, 4.69) is 37.4 Å². The molecule has 2 aromatic heterocycles. The van der Waals surface area contributed by atoms with Crippen molar-refractivity contribution in [3.05, 3.63) is 40.3 Å². The Balaban J connectivity index is 1.46. The van der Waals surface area contributed by atoms with E-state index in [1.807, 2.05) is 0 Å². The zero-order chi connectivity index (χ0) is 24.5. The summed E-state index contributed by atoms with van der Waals surface area (Å²) in [4.78, 5) is 13.9. The number of benzene rings is 1. The van der Waals surface area contributed by atoms with Gasteiger partial charge in [-0.2, -0.15) is 5.26 Å². The van der Waals surface area contributed by atoms with Crippen LogP contribution < -0.4 is 19.8 Å². The highest BCUT2D eigenvalue weighted by Crippen LogP contribution is 2.44. The molecule has 0 spiro atoms. The molecule has 10 heteroatoms. The first-order valence-electron chi connectivity index (χ1n) is 10.9. The van der Waals surface area contributed by atoms with Crippen molar-refractivity contribution in [1.29, 1.82) is 5.26 Å². The van der Waals surface area contributed by atoms with Gasteiger partial charge in [-0.25, -0.2) is 0 Å². The van der Waals surface area contributed by atoms with Crippen LogP contribution in [-0.2, 0) is 17.6 Å². The lowest BCUT2D eigenvalue weighted by atomic mass is 9.72. The zero-order valence-electron chi connectivity index (χ0n) is 19.5. The fourth-order valence-electron chi connectivity index (χ4n) is 4.08. The number of thioether (sulfide) groups is 1. The minimum atomic E-state index is -0.619. The van der Waals surface area contributed by atoms with Crippen molar-refractivity contribution >= 4 is 34.0 Å². The van der Waals surface area contributed by atoms with Crippen LogP contribution in [-0.4, -0.2) is 24.0 Å². The minimum absolute atomic E-state index is 0.0232. The van der Waals surface area contributed by atoms with Crippen molar-refractivity contribution in [3.63, 3.8) is 0 Å². The Bertz CT molecular complexity index is 1240. The molecule has 1 aliphatic rings. The SMILES string of the molecule is COc1ccc(-[n+]2noc([O-])c2SCC(=O)Nc2sc3c(c2C#N)CCC(C(C)(C)C)C3)cc1. The largest absolute Gasteiger partial charge is 0.538 e. The van der Waals surface area contributed by atoms with Crippen molar-refractivity contribution in [2.24, 2.45) is 11.3 Å². The van der Waals surface area contributed by atoms with Crippen molar-refractivity contribution < 1.29 is 23.8 Å². The molecule has 1 aromatic carbocycles. The van der Waals surface area contributed by atoms with E-state index in [4.69, 9.17) is 9.26 Å². The summed E-state index contributed by atoms with van der Waals surface area (Å²) in [7, 11) is 1.57. The second kappa shape index (κ2) is 9.68. The number of thiophene rings is 1. The maximum absolute atomic E-state index is 12.7. The first-order valence-corrected chi connectivity index (χ1v) is 12.7. The molecule has 0 saturated heterocycles. The number of aromatic nitrogens is 2. The van der Waals surface area contributed by atoms with E-state index >= 15 is 0 Å². The Labute approximate surface area is 206 Å². The molecule has 1 unspecified atom stereocenters. The molecule has 34 heavy (non-hydrogen) atoms. The summed E-state index contributed by atoms with van der Waals surface area (Å²) in [6.45, 7) is 6.73. The molecule has 1 atom stereocenters. The molecule has 0 fully saturated rings. The van der Waals surface area contributed by atoms with E-state index in [0.717, 1.165) is 36.6 Å². The first kappa shape index (κ1) is 24.1. The molecule has 1 aliphatic carbocycles. The number of methoxy groups -OCH3 is 1.